The number of para-hydroxylation sites is 1. The van der Waals surface area contributed by atoms with E-state index in [2.05, 4.69) is 10.2 Å². The van der Waals surface area contributed by atoms with E-state index < -0.39 is 17.2 Å². The van der Waals surface area contributed by atoms with E-state index in [9.17, 15) is 9.59 Å². The number of rotatable bonds is 6. The molecule has 2 rings (SSSR count). The molecule has 128 valence electrons. The molecule has 8 nitrogen and oxygen atoms in total. The zero-order valence-corrected chi connectivity index (χ0v) is 14.6. The summed E-state index contributed by atoms with van der Waals surface area (Å²) >= 11 is 7.18. The molecule has 0 aliphatic heterocycles. The highest BCUT2D eigenvalue weighted by Gasteiger charge is 2.20. The molecule has 3 amide bonds. The van der Waals surface area contributed by atoms with Crippen LogP contribution in [0.1, 0.15) is 12.7 Å². The van der Waals surface area contributed by atoms with Gasteiger partial charge >= 0.3 is 6.03 Å². The Labute approximate surface area is 147 Å². The van der Waals surface area contributed by atoms with Gasteiger partial charge in [-0.3, -0.25) is 10.1 Å². The van der Waals surface area contributed by atoms with Crippen molar-refractivity contribution in [3.05, 3.63) is 35.1 Å². The maximum Gasteiger partial charge on any atom is 0.318 e. The number of halogens is 1. The minimum Gasteiger partial charge on any atom is -0.484 e. The molecular weight excluding hydrogens is 354 g/mol. The Hall–Kier alpha value is -2.26. The fourth-order valence-corrected chi connectivity index (χ4v) is 2.74. The number of primary amides is 1. The molecule has 0 bridgehead atoms. The Morgan fingerprint density at radius 1 is 1.42 bits per heavy atom. The van der Waals surface area contributed by atoms with Crippen molar-refractivity contribution in [2.75, 3.05) is 0 Å². The van der Waals surface area contributed by atoms with Crippen LogP contribution in [0.5, 0.6) is 5.75 Å². The number of hydrogen-bond acceptors (Lipinski definition) is 6. The van der Waals surface area contributed by atoms with Gasteiger partial charge in [0.05, 0.1) is 10.3 Å². The highest BCUT2D eigenvalue weighted by molar-refractivity contribution is 8.00. The van der Waals surface area contributed by atoms with Gasteiger partial charge in [0.1, 0.15) is 12.4 Å². The molecule has 0 aliphatic rings. The fourth-order valence-electron chi connectivity index (χ4n) is 1.71. The molecule has 1 atom stereocenters. The van der Waals surface area contributed by atoms with Crippen LogP contribution >= 0.6 is 23.4 Å². The summed E-state index contributed by atoms with van der Waals surface area (Å²) in [6.45, 7) is 1.81. The van der Waals surface area contributed by atoms with Crippen LogP contribution in [0.4, 0.5) is 4.79 Å². The molecule has 0 fully saturated rings. The highest BCUT2D eigenvalue weighted by atomic mass is 35.5. The number of nitrogens with two attached hydrogens (primary N) is 1. The van der Waals surface area contributed by atoms with Crippen LogP contribution in [0.3, 0.4) is 0 Å². The summed E-state index contributed by atoms with van der Waals surface area (Å²) in [5, 5.41) is 10.5. The van der Waals surface area contributed by atoms with Gasteiger partial charge in [0.25, 0.3) is 0 Å². The van der Waals surface area contributed by atoms with Crippen molar-refractivity contribution in [3.63, 3.8) is 0 Å². The number of benzene rings is 1. The first kappa shape index (κ1) is 18.1. The Balaban J connectivity index is 1.99. The Bertz CT molecular complexity index is 752. The topological polar surface area (TPSA) is 112 Å². The van der Waals surface area contributed by atoms with Crippen LogP contribution in [0, 0.1) is 0 Å². The van der Waals surface area contributed by atoms with E-state index in [1.165, 1.54) is 0 Å². The first-order valence-electron chi connectivity index (χ1n) is 6.91. The van der Waals surface area contributed by atoms with Crippen LogP contribution < -0.4 is 15.8 Å². The summed E-state index contributed by atoms with van der Waals surface area (Å²) in [4.78, 5) is 22.4. The third-order valence-corrected chi connectivity index (χ3v) is 4.46. The Morgan fingerprint density at radius 3 is 2.79 bits per heavy atom. The van der Waals surface area contributed by atoms with Crippen LogP contribution in [0.25, 0.3) is 0 Å². The molecule has 1 heterocycles. The van der Waals surface area contributed by atoms with E-state index in [4.69, 9.17) is 22.1 Å². The van der Waals surface area contributed by atoms with Gasteiger partial charge in [-0.25, -0.2) is 4.79 Å². The minimum absolute atomic E-state index is 0.176. The number of carbonyl (C=O) groups is 2. The molecule has 24 heavy (non-hydrogen) atoms. The lowest BCUT2D eigenvalue weighted by molar-refractivity contribution is -0.119. The van der Waals surface area contributed by atoms with Gasteiger partial charge in [0.15, 0.2) is 11.0 Å². The second-order valence-corrected chi connectivity index (χ2v) is 6.51. The standard InChI is InChI=1S/C14H16ClN5O3S/c1-8(12(21)17-13(16)22)24-14-19-18-11(20(14)2)7-23-10-6-4-3-5-9(10)15/h3-6,8H,7H2,1-2H3,(H3,16,17,21,22). The fraction of sp³-hybridized carbons (Fsp3) is 0.286. The first-order chi connectivity index (χ1) is 11.4. The normalized spacial score (nSPS) is 11.8. The Kier molecular flexibility index (Phi) is 6.04. The molecule has 2 aromatic rings. The van der Waals surface area contributed by atoms with Gasteiger partial charge in [0, 0.05) is 7.05 Å². The van der Waals surface area contributed by atoms with E-state index in [1.54, 1.807) is 30.7 Å². The van der Waals surface area contributed by atoms with E-state index in [0.717, 1.165) is 11.8 Å². The molecule has 0 saturated heterocycles. The summed E-state index contributed by atoms with van der Waals surface area (Å²) in [5.74, 6) is 0.620. The average Bonchev–Trinajstić information content (AvgIpc) is 2.86. The maximum absolute atomic E-state index is 11.7. The molecule has 1 unspecified atom stereocenters. The van der Waals surface area contributed by atoms with Gasteiger partial charge in [-0.1, -0.05) is 35.5 Å². The summed E-state index contributed by atoms with van der Waals surface area (Å²) in [6.07, 6.45) is 0. The third-order valence-electron chi connectivity index (χ3n) is 3.02. The van der Waals surface area contributed by atoms with Gasteiger partial charge < -0.3 is 15.0 Å². The molecule has 1 aromatic carbocycles. The van der Waals surface area contributed by atoms with Gasteiger partial charge in [-0.2, -0.15) is 0 Å². The minimum atomic E-state index is -0.890. The van der Waals surface area contributed by atoms with Crippen LogP contribution in [0.15, 0.2) is 29.4 Å². The first-order valence-corrected chi connectivity index (χ1v) is 8.16. The van der Waals surface area contributed by atoms with Crippen LogP contribution in [0.2, 0.25) is 5.02 Å². The number of nitrogens with one attached hydrogen (secondary N) is 1. The largest absolute Gasteiger partial charge is 0.484 e. The van der Waals surface area contributed by atoms with E-state index in [-0.39, 0.29) is 6.61 Å². The number of aromatic nitrogens is 3. The smallest absolute Gasteiger partial charge is 0.318 e. The summed E-state index contributed by atoms with van der Waals surface area (Å²) < 4.78 is 7.32. The zero-order valence-electron chi connectivity index (χ0n) is 13.0. The third kappa shape index (κ3) is 4.62. The maximum atomic E-state index is 11.7. The number of thioether (sulfide) groups is 1. The predicted molar refractivity (Wildman–Crippen MR) is 89.8 cm³/mol. The summed E-state index contributed by atoms with van der Waals surface area (Å²) in [5.41, 5.74) is 4.92. The van der Waals surface area contributed by atoms with Crippen molar-refractivity contribution in [3.8, 4) is 5.75 Å². The molecule has 0 radical (unpaired) electrons. The lowest BCUT2D eigenvalue weighted by Gasteiger charge is -2.10. The van der Waals surface area contributed by atoms with Gasteiger partial charge in [0.2, 0.25) is 5.91 Å². The number of urea groups is 1. The highest BCUT2D eigenvalue weighted by Crippen LogP contribution is 2.25. The molecule has 3 N–H and O–H groups in total. The predicted octanol–water partition coefficient (Wildman–Crippen LogP) is 1.72. The lowest BCUT2D eigenvalue weighted by atomic mass is 10.3. The summed E-state index contributed by atoms with van der Waals surface area (Å²) in [7, 11) is 1.76. The molecule has 0 spiro atoms. The SMILES string of the molecule is CC(Sc1nnc(COc2ccccc2Cl)n1C)C(=O)NC(N)=O. The van der Waals surface area contributed by atoms with Gasteiger partial charge in [-0.05, 0) is 19.1 Å². The van der Waals surface area contributed by atoms with Crippen molar-refractivity contribution in [1.29, 1.82) is 0 Å². The quantitative estimate of drug-likeness (QED) is 0.750. The monoisotopic (exact) mass is 369 g/mol. The van der Waals surface area contributed by atoms with E-state index >= 15 is 0 Å². The molecular formula is C14H16ClN5O3S. The van der Waals surface area contributed by atoms with Crippen molar-refractivity contribution in [2.45, 2.75) is 23.9 Å². The number of imide groups is 1. The number of amides is 3. The van der Waals surface area contributed by atoms with Crippen molar-refractivity contribution >= 4 is 35.3 Å². The van der Waals surface area contributed by atoms with E-state index in [0.29, 0.717) is 21.8 Å². The van der Waals surface area contributed by atoms with Crippen molar-refractivity contribution < 1.29 is 14.3 Å². The number of hydrogen-bond donors (Lipinski definition) is 2. The van der Waals surface area contributed by atoms with Gasteiger partial charge in [-0.15, -0.1) is 10.2 Å². The molecule has 0 saturated carbocycles. The number of ether oxygens (including phenoxy) is 1. The number of nitrogens with zero attached hydrogens (tertiary/aromatic N) is 3. The molecule has 1 aromatic heterocycles. The molecule has 10 heteroatoms. The zero-order chi connectivity index (χ0) is 17.7. The lowest BCUT2D eigenvalue weighted by Crippen LogP contribution is -2.39. The Morgan fingerprint density at radius 2 is 2.12 bits per heavy atom. The molecule has 0 aliphatic carbocycles. The number of carbonyl (C=O) groups excluding carboxylic acids is 2. The van der Waals surface area contributed by atoms with Crippen LogP contribution in [-0.2, 0) is 18.4 Å². The van der Waals surface area contributed by atoms with Crippen molar-refractivity contribution in [2.24, 2.45) is 12.8 Å². The summed E-state index contributed by atoms with van der Waals surface area (Å²) in [6, 6.07) is 6.22. The second kappa shape index (κ2) is 8.02. The van der Waals surface area contributed by atoms with Crippen LogP contribution in [-0.4, -0.2) is 32.0 Å². The van der Waals surface area contributed by atoms with Crippen molar-refractivity contribution in [1.82, 2.24) is 20.1 Å². The second-order valence-electron chi connectivity index (χ2n) is 4.79. The average molecular weight is 370 g/mol. The van der Waals surface area contributed by atoms with E-state index in [1.807, 2.05) is 17.4 Å².